The molecule has 0 saturated heterocycles. The molecule has 158 valence electrons. The van der Waals surface area contributed by atoms with Gasteiger partial charge in [-0.25, -0.2) is 4.79 Å². The maximum absolute atomic E-state index is 13.0. The molecule has 0 radical (unpaired) electrons. The largest absolute Gasteiger partial charge is 0.493 e. The summed E-state index contributed by atoms with van der Waals surface area (Å²) in [6.45, 7) is 6.49. The van der Waals surface area contributed by atoms with Crippen LogP contribution in [0.4, 0.5) is 0 Å². The van der Waals surface area contributed by atoms with Gasteiger partial charge in [0.1, 0.15) is 5.75 Å². The fraction of sp³-hybridized carbons (Fsp3) is 0.375. The molecule has 6 heteroatoms. The van der Waals surface area contributed by atoms with Gasteiger partial charge in [0.05, 0.1) is 13.2 Å². The zero-order chi connectivity index (χ0) is 21.5. The molecule has 0 bridgehead atoms. The highest BCUT2D eigenvalue weighted by Gasteiger charge is 2.33. The third-order valence-corrected chi connectivity index (χ3v) is 5.14. The summed E-state index contributed by atoms with van der Waals surface area (Å²) in [4.78, 5) is 38.4. The molecule has 1 aliphatic heterocycles. The zero-order valence-corrected chi connectivity index (χ0v) is 17.3. The lowest BCUT2D eigenvalue weighted by atomic mass is 9.93. The number of carbonyl (C=O) groups excluding carboxylic acids is 3. The first kappa shape index (κ1) is 21.6. The highest BCUT2D eigenvalue weighted by Crippen LogP contribution is 2.35. The molecule has 30 heavy (non-hydrogen) atoms. The third-order valence-electron chi connectivity index (χ3n) is 5.14. The molecule has 0 N–H and O–H groups in total. The molecule has 0 saturated carbocycles. The number of amides is 2. The van der Waals surface area contributed by atoms with E-state index in [-0.39, 0.29) is 18.4 Å². The molecule has 6 nitrogen and oxygen atoms in total. The second kappa shape index (κ2) is 10.1. The Balaban J connectivity index is 1.76. The van der Waals surface area contributed by atoms with Crippen molar-refractivity contribution in [3.63, 3.8) is 0 Å². The summed E-state index contributed by atoms with van der Waals surface area (Å²) in [5.74, 6) is -0.360. The molecular weight excluding hydrogens is 382 g/mol. The molecule has 3 rings (SSSR count). The summed E-state index contributed by atoms with van der Waals surface area (Å²) in [5.41, 5.74) is 1.06. The Bertz CT molecular complexity index is 943. The van der Waals surface area contributed by atoms with Crippen molar-refractivity contribution in [3.8, 4) is 5.75 Å². The number of benzene rings is 2. The Morgan fingerprint density at radius 1 is 1.00 bits per heavy atom. The van der Waals surface area contributed by atoms with E-state index in [1.54, 1.807) is 18.2 Å². The average molecular weight is 409 g/mol. The molecule has 0 atom stereocenters. The van der Waals surface area contributed by atoms with E-state index in [0.29, 0.717) is 41.8 Å². The smallest absolute Gasteiger partial charge is 0.330 e. The lowest BCUT2D eigenvalue weighted by molar-refractivity contribution is -0.137. The molecule has 0 aliphatic carbocycles. The minimum Gasteiger partial charge on any atom is -0.493 e. The van der Waals surface area contributed by atoms with Crippen LogP contribution < -0.4 is 4.74 Å². The van der Waals surface area contributed by atoms with E-state index in [4.69, 9.17) is 9.47 Å². The van der Waals surface area contributed by atoms with Crippen molar-refractivity contribution in [2.45, 2.75) is 39.0 Å². The number of hydrogen-bond donors (Lipinski definition) is 0. The van der Waals surface area contributed by atoms with Crippen molar-refractivity contribution >= 4 is 28.6 Å². The fourth-order valence-corrected chi connectivity index (χ4v) is 3.62. The van der Waals surface area contributed by atoms with Crippen molar-refractivity contribution in [1.29, 1.82) is 0 Å². The van der Waals surface area contributed by atoms with Crippen molar-refractivity contribution in [1.82, 2.24) is 4.90 Å². The SMILES string of the molecule is C=CC(=O)OCCCOc1ccc2c3c(cccc13)C(=O)N(CCCCCC)C2=O. The van der Waals surface area contributed by atoms with Crippen molar-refractivity contribution in [2.24, 2.45) is 0 Å². The number of nitrogens with zero attached hydrogens (tertiary/aromatic N) is 1. The van der Waals surface area contributed by atoms with E-state index < -0.39 is 5.97 Å². The van der Waals surface area contributed by atoms with Crippen LogP contribution >= 0.6 is 0 Å². The minimum atomic E-state index is -0.465. The summed E-state index contributed by atoms with van der Waals surface area (Å²) in [6.07, 6.45) is 5.65. The highest BCUT2D eigenvalue weighted by atomic mass is 16.5. The number of unbranched alkanes of at least 4 members (excludes halogenated alkanes) is 3. The van der Waals surface area contributed by atoms with Crippen LogP contribution in [-0.4, -0.2) is 42.4 Å². The molecule has 0 spiro atoms. The van der Waals surface area contributed by atoms with Crippen molar-refractivity contribution in [2.75, 3.05) is 19.8 Å². The van der Waals surface area contributed by atoms with Crippen LogP contribution in [0.5, 0.6) is 5.75 Å². The molecule has 2 amide bonds. The summed E-state index contributed by atoms with van der Waals surface area (Å²) < 4.78 is 10.8. The molecule has 1 aliphatic rings. The lowest BCUT2D eigenvalue weighted by Crippen LogP contribution is -2.40. The van der Waals surface area contributed by atoms with Crippen LogP contribution in [0.3, 0.4) is 0 Å². The number of ether oxygens (including phenoxy) is 2. The fourth-order valence-electron chi connectivity index (χ4n) is 3.62. The van der Waals surface area contributed by atoms with Gasteiger partial charge in [-0.15, -0.1) is 0 Å². The first-order valence-electron chi connectivity index (χ1n) is 10.4. The van der Waals surface area contributed by atoms with Gasteiger partial charge in [0.2, 0.25) is 0 Å². The first-order valence-corrected chi connectivity index (χ1v) is 10.4. The van der Waals surface area contributed by atoms with Crippen LogP contribution in [0, 0.1) is 0 Å². The second-order valence-corrected chi connectivity index (χ2v) is 7.24. The standard InChI is InChI=1S/C24H27NO5/c1-3-5-6-7-14-25-23(27)18-11-8-10-17-20(13-12-19(22(17)18)24(25)28)29-15-9-16-30-21(26)4-2/h4,8,10-13H,2-3,5-7,9,14-16H2,1H3. The Morgan fingerprint density at radius 3 is 2.50 bits per heavy atom. The van der Waals surface area contributed by atoms with Crippen LogP contribution in [0.1, 0.15) is 59.7 Å². The molecule has 0 aromatic heterocycles. The maximum Gasteiger partial charge on any atom is 0.330 e. The second-order valence-electron chi connectivity index (χ2n) is 7.24. The normalized spacial score (nSPS) is 12.9. The zero-order valence-electron chi connectivity index (χ0n) is 17.3. The number of hydrogen-bond acceptors (Lipinski definition) is 5. The number of imide groups is 1. The molecule has 0 unspecified atom stereocenters. The quantitative estimate of drug-likeness (QED) is 0.236. The molecule has 2 aromatic carbocycles. The van der Waals surface area contributed by atoms with Gasteiger partial charge in [-0.2, -0.15) is 0 Å². The summed E-state index contributed by atoms with van der Waals surface area (Å²) >= 11 is 0. The summed E-state index contributed by atoms with van der Waals surface area (Å²) in [7, 11) is 0. The average Bonchev–Trinajstić information content (AvgIpc) is 2.76. The van der Waals surface area contributed by atoms with Gasteiger partial charge >= 0.3 is 5.97 Å². The van der Waals surface area contributed by atoms with Crippen molar-refractivity contribution in [3.05, 3.63) is 54.1 Å². The van der Waals surface area contributed by atoms with E-state index in [1.165, 1.54) is 4.90 Å². The highest BCUT2D eigenvalue weighted by molar-refractivity contribution is 6.26. The monoisotopic (exact) mass is 409 g/mol. The van der Waals surface area contributed by atoms with Gasteiger partial charge in [0, 0.05) is 40.9 Å². The summed E-state index contributed by atoms with van der Waals surface area (Å²) in [6, 6.07) is 8.92. The van der Waals surface area contributed by atoms with Gasteiger partial charge in [-0.1, -0.05) is 44.9 Å². The summed E-state index contributed by atoms with van der Waals surface area (Å²) in [5, 5.41) is 1.38. The van der Waals surface area contributed by atoms with Gasteiger partial charge in [0.25, 0.3) is 11.8 Å². The van der Waals surface area contributed by atoms with E-state index in [9.17, 15) is 14.4 Å². The Hall–Kier alpha value is -3.15. The van der Waals surface area contributed by atoms with Crippen LogP contribution in [-0.2, 0) is 9.53 Å². The first-order chi connectivity index (χ1) is 14.6. The Morgan fingerprint density at radius 2 is 1.77 bits per heavy atom. The Kier molecular flexibility index (Phi) is 7.22. The van der Waals surface area contributed by atoms with Gasteiger partial charge in [-0.3, -0.25) is 14.5 Å². The van der Waals surface area contributed by atoms with Crippen LogP contribution in [0.15, 0.2) is 43.0 Å². The molecule has 0 fully saturated rings. The van der Waals surface area contributed by atoms with Gasteiger partial charge in [0.15, 0.2) is 0 Å². The number of rotatable bonds is 11. The lowest BCUT2D eigenvalue weighted by Gasteiger charge is -2.27. The van der Waals surface area contributed by atoms with E-state index in [2.05, 4.69) is 13.5 Å². The molecule has 1 heterocycles. The Labute approximate surface area is 176 Å². The number of esters is 1. The predicted octanol–water partition coefficient (Wildman–Crippen LogP) is 4.51. The minimum absolute atomic E-state index is 0.232. The molecular formula is C24H27NO5. The topological polar surface area (TPSA) is 72.9 Å². The maximum atomic E-state index is 13.0. The number of carbonyl (C=O) groups is 3. The molecule has 2 aromatic rings. The van der Waals surface area contributed by atoms with E-state index in [1.807, 2.05) is 12.1 Å². The predicted molar refractivity (Wildman–Crippen MR) is 115 cm³/mol. The van der Waals surface area contributed by atoms with Crippen molar-refractivity contribution < 1.29 is 23.9 Å². The van der Waals surface area contributed by atoms with E-state index in [0.717, 1.165) is 37.1 Å². The van der Waals surface area contributed by atoms with Crippen LogP contribution in [0.25, 0.3) is 10.8 Å². The van der Waals surface area contributed by atoms with Gasteiger partial charge in [-0.05, 0) is 24.6 Å². The third kappa shape index (κ3) is 4.53. The van der Waals surface area contributed by atoms with E-state index >= 15 is 0 Å². The van der Waals surface area contributed by atoms with Gasteiger partial charge < -0.3 is 9.47 Å². The van der Waals surface area contributed by atoms with Crippen LogP contribution in [0.2, 0.25) is 0 Å².